The lowest BCUT2D eigenvalue weighted by molar-refractivity contribution is 0.483. The zero-order chi connectivity index (χ0) is 44.9. The molecule has 0 amide bonds. The van der Waals surface area contributed by atoms with Gasteiger partial charge in [0.1, 0.15) is 17.3 Å². The molecule has 0 unspecified atom stereocenters. The van der Waals surface area contributed by atoms with Gasteiger partial charge in [0.2, 0.25) is 0 Å². The number of fused-ring (bicyclic) bond motifs is 3. The first-order valence-electron chi connectivity index (χ1n) is 22.7. The SMILES string of the molecule is CC(C)(C)c1cc(-c2ccccc2)cc(N2CN(c3cccc(Oc4ccc5c6ccccc6n(-c6cc(C(C)(C)c7ccccc7)ccn6)c5c4)c3)C=C2C(C)(C)c2ccccc2)c1. The van der Waals surface area contributed by atoms with E-state index in [0.29, 0.717) is 6.67 Å². The van der Waals surface area contributed by atoms with Crippen molar-refractivity contribution in [2.75, 3.05) is 16.5 Å². The number of rotatable bonds is 10. The second kappa shape index (κ2) is 16.3. The maximum Gasteiger partial charge on any atom is 0.137 e. The number of anilines is 2. The highest BCUT2D eigenvalue weighted by Gasteiger charge is 2.36. The molecule has 0 fully saturated rings. The first-order chi connectivity index (χ1) is 31.3. The van der Waals surface area contributed by atoms with Gasteiger partial charge in [-0.3, -0.25) is 4.57 Å². The monoisotopic (exact) mass is 848 g/mol. The Hall–Kier alpha value is -7.37. The summed E-state index contributed by atoms with van der Waals surface area (Å²) in [5.74, 6) is 2.41. The maximum atomic E-state index is 6.81. The van der Waals surface area contributed by atoms with Gasteiger partial charge in [0.05, 0.1) is 17.7 Å². The van der Waals surface area contributed by atoms with Crippen LogP contribution >= 0.6 is 0 Å². The van der Waals surface area contributed by atoms with E-state index in [-0.39, 0.29) is 16.2 Å². The molecule has 7 aromatic carbocycles. The van der Waals surface area contributed by atoms with E-state index in [1.54, 1.807) is 0 Å². The van der Waals surface area contributed by atoms with E-state index in [4.69, 9.17) is 9.72 Å². The van der Waals surface area contributed by atoms with Gasteiger partial charge in [-0.05, 0) is 93.4 Å². The van der Waals surface area contributed by atoms with Gasteiger partial charge in [-0.2, -0.15) is 0 Å². The third-order valence-corrected chi connectivity index (χ3v) is 13.4. The summed E-state index contributed by atoms with van der Waals surface area (Å²) >= 11 is 0. The molecule has 0 aliphatic carbocycles. The average molecular weight is 849 g/mol. The third-order valence-electron chi connectivity index (χ3n) is 13.4. The first-order valence-corrected chi connectivity index (χ1v) is 22.7. The molecule has 3 heterocycles. The van der Waals surface area contributed by atoms with Gasteiger partial charge in [-0.15, -0.1) is 0 Å². The second-order valence-corrected chi connectivity index (χ2v) is 19.5. The lowest BCUT2D eigenvalue weighted by Gasteiger charge is -2.35. The van der Waals surface area contributed by atoms with Crippen LogP contribution in [0.25, 0.3) is 38.8 Å². The highest BCUT2D eigenvalue weighted by atomic mass is 16.5. The molecular weight excluding hydrogens is 793 g/mol. The number of aromatic nitrogens is 2. The normalized spacial score (nSPS) is 13.4. The topological polar surface area (TPSA) is 33.5 Å². The molecule has 5 heteroatoms. The van der Waals surface area contributed by atoms with Crippen molar-refractivity contribution in [1.29, 1.82) is 0 Å². The van der Waals surface area contributed by atoms with Crippen LogP contribution in [-0.2, 0) is 16.2 Å². The maximum absolute atomic E-state index is 6.81. The van der Waals surface area contributed by atoms with Crippen LogP contribution in [-0.4, -0.2) is 16.2 Å². The summed E-state index contributed by atoms with van der Waals surface area (Å²) in [5.41, 5.74) is 12.5. The molecule has 0 spiro atoms. The smallest absolute Gasteiger partial charge is 0.137 e. The standard InChI is InChI=1S/C60H56N4O/c1-58(2,3)47-34-43(42-20-11-8-12-21-42)35-49(36-47)63-41-62(40-56(63)60(6,7)45-24-15-10-16-25-45)48-26-19-27-50(38-48)65-51-30-31-53-52-28-17-18-29-54(52)64(55(53)39-51)57-37-46(32-33-61-57)59(4,5)44-22-13-9-14-23-44/h8-40H,41H2,1-7H3. The molecule has 0 saturated carbocycles. The van der Waals surface area contributed by atoms with E-state index in [9.17, 15) is 0 Å². The number of benzene rings is 7. The highest BCUT2D eigenvalue weighted by molar-refractivity contribution is 6.09. The quantitative estimate of drug-likeness (QED) is 0.137. The lowest BCUT2D eigenvalue weighted by Crippen LogP contribution is -2.34. The van der Waals surface area contributed by atoms with Crippen LogP contribution in [0.3, 0.4) is 0 Å². The molecule has 0 bridgehead atoms. The summed E-state index contributed by atoms with van der Waals surface area (Å²) in [4.78, 5) is 9.83. The molecule has 5 nitrogen and oxygen atoms in total. The van der Waals surface area contributed by atoms with E-state index in [0.717, 1.165) is 39.4 Å². The lowest BCUT2D eigenvalue weighted by atomic mass is 9.78. The Morgan fingerprint density at radius 1 is 0.462 bits per heavy atom. The van der Waals surface area contributed by atoms with Crippen molar-refractivity contribution in [1.82, 2.24) is 9.55 Å². The van der Waals surface area contributed by atoms with E-state index in [2.05, 4.69) is 251 Å². The summed E-state index contributed by atoms with van der Waals surface area (Å²) in [5, 5.41) is 2.33. The van der Waals surface area contributed by atoms with E-state index in [1.165, 1.54) is 50.2 Å². The average Bonchev–Trinajstić information content (AvgIpc) is 3.93. The van der Waals surface area contributed by atoms with E-state index < -0.39 is 0 Å². The van der Waals surface area contributed by atoms with Crippen LogP contribution < -0.4 is 14.5 Å². The first kappa shape index (κ1) is 41.6. The van der Waals surface area contributed by atoms with Gasteiger partial charge in [-0.25, -0.2) is 4.98 Å². The van der Waals surface area contributed by atoms with E-state index >= 15 is 0 Å². The number of allylic oxidation sites excluding steroid dienone is 1. The molecule has 1 aliphatic heterocycles. The Labute approximate surface area is 383 Å². The third kappa shape index (κ3) is 7.86. The minimum absolute atomic E-state index is 0.0410. The molecule has 2 aromatic heterocycles. The molecule has 0 N–H and O–H groups in total. The Kier molecular flexibility index (Phi) is 10.5. The van der Waals surface area contributed by atoms with Gasteiger partial charge in [0, 0.05) is 63.2 Å². The van der Waals surface area contributed by atoms with Crippen molar-refractivity contribution in [3.05, 3.63) is 228 Å². The summed E-state index contributed by atoms with van der Waals surface area (Å²) in [6.45, 7) is 16.8. The van der Waals surface area contributed by atoms with Crippen molar-refractivity contribution in [2.45, 2.75) is 64.7 Å². The molecular formula is C60H56N4O. The van der Waals surface area contributed by atoms with Gasteiger partial charge >= 0.3 is 0 Å². The predicted molar refractivity (Wildman–Crippen MR) is 272 cm³/mol. The summed E-state index contributed by atoms with van der Waals surface area (Å²) in [7, 11) is 0. The van der Waals surface area contributed by atoms with Crippen LogP contribution in [0.15, 0.2) is 206 Å². The largest absolute Gasteiger partial charge is 0.457 e. The van der Waals surface area contributed by atoms with Gasteiger partial charge < -0.3 is 14.5 Å². The number of para-hydroxylation sites is 1. The van der Waals surface area contributed by atoms with Crippen LogP contribution in [0.5, 0.6) is 11.5 Å². The van der Waals surface area contributed by atoms with Crippen molar-refractivity contribution in [3.63, 3.8) is 0 Å². The second-order valence-electron chi connectivity index (χ2n) is 19.5. The highest BCUT2D eigenvalue weighted by Crippen LogP contribution is 2.44. The van der Waals surface area contributed by atoms with Crippen LogP contribution in [0.4, 0.5) is 11.4 Å². The molecule has 65 heavy (non-hydrogen) atoms. The van der Waals surface area contributed by atoms with Gasteiger partial charge in [0.25, 0.3) is 0 Å². The summed E-state index contributed by atoms with van der Waals surface area (Å²) in [6.07, 6.45) is 4.27. The van der Waals surface area contributed by atoms with Crippen LogP contribution in [0.1, 0.15) is 70.7 Å². The van der Waals surface area contributed by atoms with Crippen LogP contribution in [0, 0.1) is 0 Å². The zero-order valence-electron chi connectivity index (χ0n) is 38.5. The Morgan fingerprint density at radius 3 is 1.83 bits per heavy atom. The molecule has 0 saturated heterocycles. The van der Waals surface area contributed by atoms with Crippen molar-refractivity contribution < 1.29 is 4.74 Å². The van der Waals surface area contributed by atoms with Gasteiger partial charge in [-0.1, -0.05) is 170 Å². The Balaban J connectivity index is 1.02. The number of nitrogens with zero attached hydrogens (tertiary/aromatic N) is 4. The number of pyridine rings is 1. The molecule has 10 rings (SSSR count). The fourth-order valence-electron chi connectivity index (χ4n) is 9.44. The molecule has 0 radical (unpaired) electrons. The fraction of sp³-hybridized carbons (Fsp3) is 0.183. The molecule has 1 aliphatic rings. The van der Waals surface area contributed by atoms with Crippen molar-refractivity contribution >= 4 is 33.2 Å². The molecule has 0 atom stereocenters. The minimum Gasteiger partial charge on any atom is -0.457 e. The summed E-state index contributed by atoms with van der Waals surface area (Å²) in [6, 6.07) is 67.2. The Bertz CT molecular complexity index is 3190. The Morgan fingerprint density at radius 2 is 1.11 bits per heavy atom. The van der Waals surface area contributed by atoms with E-state index in [1.807, 2.05) is 12.3 Å². The van der Waals surface area contributed by atoms with Crippen molar-refractivity contribution in [2.24, 2.45) is 0 Å². The summed E-state index contributed by atoms with van der Waals surface area (Å²) < 4.78 is 9.08. The minimum atomic E-state index is -0.297. The number of hydrogen-bond donors (Lipinski definition) is 0. The molecule has 322 valence electrons. The van der Waals surface area contributed by atoms with Crippen molar-refractivity contribution in [3.8, 4) is 28.4 Å². The van der Waals surface area contributed by atoms with Gasteiger partial charge in [0.15, 0.2) is 0 Å². The fourth-order valence-corrected chi connectivity index (χ4v) is 9.44. The van der Waals surface area contributed by atoms with Crippen LogP contribution in [0.2, 0.25) is 0 Å². The molecule has 9 aromatic rings. The number of hydrogen-bond acceptors (Lipinski definition) is 4. The zero-order valence-corrected chi connectivity index (χ0v) is 38.5. The predicted octanol–water partition coefficient (Wildman–Crippen LogP) is 15.4. The number of ether oxygens (including phenoxy) is 1.